The maximum absolute atomic E-state index is 12.3. The lowest BCUT2D eigenvalue weighted by Gasteiger charge is -2.22. The number of hydrogen-bond donors (Lipinski definition) is 3. The van der Waals surface area contributed by atoms with Crippen LogP contribution in [0.1, 0.15) is 36.0 Å². The number of carbonyl (C=O) groups is 1. The zero-order chi connectivity index (χ0) is 15.0. The maximum atomic E-state index is 12.3. The van der Waals surface area contributed by atoms with Crippen LogP contribution in [0.25, 0.3) is 0 Å². The Balaban J connectivity index is 1.75. The molecule has 0 spiro atoms. The molecule has 4 N–H and O–H groups in total. The van der Waals surface area contributed by atoms with Crippen molar-refractivity contribution in [1.29, 1.82) is 0 Å². The minimum atomic E-state index is -0.552. The number of nitrogen functional groups attached to an aromatic ring is 1. The Morgan fingerprint density at radius 3 is 2.71 bits per heavy atom. The molecule has 2 aliphatic rings. The van der Waals surface area contributed by atoms with Crippen molar-refractivity contribution in [1.82, 2.24) is 5.32 Å². The van der Waals surface area contributed by atoms with E-state index in [1.807, 2.05) is 0 Å². The van der Waals surface area contributed by atoms with Gasteiger partial charge in [0, 0.05) is 17.7 Å². The smallest absolute Gasteiger partial charge is 0.294 e. The second-order valence-electron chi connectivity index (χ2n) is 5.89. The molecule has 0 aliphatic heterocycles. The third-order valence-electron chi connectivity index (χ3n) is 4.67. The van der Waals surface area contributed by atoms with Crippen LogP contribution in [0.2, 0.25) is 0 Å². The maximum Gasteiger partial charge on any atom is 0.294 e. The molecule has 0 saturated heterocycles. The lowest BCUT2D eigenvalue weighted by atomic mass is 9.95. The highest BCUT2D eigenvalue weighted by Crippen LogP contribution is 2.44. The van der Waals surface area contributed by atoms with Crippen molar-refractivity contribution in [3.8, 4) is 0 Å². The first-order chi connectivity index (χ1) is 10.1. The molecule has 2 bridgehead atoms. The molecule has 112 valence electrons. The number of benzene rings is 1. The Morgan fingerprint density at radius 2 is 2.14 bits per heavy atom. The number of amides is 1. The Kier molecular flexibility index (Phi) is 3.50. The highest BCUT2D eigenvalue weighted by Gasteiger charge is 2.40. The molecule has 0 radical (unpaired) electrons. The lowest BCUT2D eigenvalue weighted by Crippen LogP contribution is -2.38. The molecule has 0 heterocycles. The normalized spacial score (nSPS) is 26.6. The van der Waals surface area contributed by atoms with Crippen LogP contribution in [0, 0.1) is 22.0 Å². The fraction of sp³-hybridized carbons (Fsp3) is 0.500. The van der Waals surface area contributed by atoms with E-state index in [0.29, 0.717) is 11.5 Å². The highest BCUT2D eigenvalue weighted by molar-refractivity contribution is 5.96. The first-order valence-corrected chi connectivity index (χ1v) is 7.14. The van der Waals surface area contributed by atoms with Crippen LogP contribution in [0.4, 0.5) is 11.4 Å². The molecule has 7 nitrogen and oxygen atoms in total. The average molecular weight is 290 g/mol. The van der Waals surface area contributed by atoms with Crippen LogP contribution in [0.3, 0.4) is 0 Å². The van der Waals surface area contributed by atoms with E-state index in [0.717, 1.165) is 12.3 Å². The summed E-state index contributed by atoms with van der Waals surface area (Å²) in [5.74, 6) is 6.29. The van der Waals surface area contributed by atoms with Gasteiger partial charge < -0.3 is 10.7 Å². The Labute approximate surface area is 122 Å². The van der Waals surface area contributed by atoms with Crippen molar-refractivity contribution in [3.05, 3.63) is 33.9 Å². The van der Waals surface area contributed by atoms with Crippen LogP contribution in [0.5, 0.6) is 0 Å². The molecule has 0 aromatic heterocycles. The molecule has 1 amide bonds. The van der Waals surface area contributed by atoms with Crippen molar-refractivity contribution in [2.24, 2.45) is 17.7 Å². The largest absolute Gasteiger partial charge is 0.349 e. The van der Waals surface area contributed by atoms with Gasteiger partial charge in [0.1, 0.15) is 5.69 Å². The highest BCUT2D eigenvalue weighted by atomic mass is 16.6. The molecule has 2 saturated carbocycles. The summed E-state index contributed by atoms with van der Waals surface area (Å²) in [6.45, 7) is 0. The number of carbonyl (C=O) groups excluding carboxylic acids is 1. The van der Waals surface area contributed by atoms with E-state index in [1.165, 1.54) is 31.4 Å². The van der Waals surface area contributed by atoms with Crippen molar-refractivity contribution in [2.75, 3.05) is 5.43 Å². The first kappa shape index (κ1) is 13.8. The summed E-state index contributed by atoms with van der Waals surface area (Å²) in [7, 11) is 0. The van der Waals surface area contributed by atoms with Crippen molar-refractivity contribution >= 4 is 17.3 Å². The number of fused-ring (bicyclic) bond motifs is 2. The monoisotopic (exact) mass is 290 g/mol. The topological polar surface area (TPSA) is 110 Å². The average Bonchev–Trinajstić information content (AvgIpc) is 3.09. The van der Waals surface area contributed by atoms with Gasteiger partial charge in [-0.1, -0.05) is 6.42 Å². The lowest BCUT2D eigenvalue weighted by molar-refractivity contribution is -0.384. The van der Waals surface area contributed by atoms with Crippen molar-refractivity contribution in [3.63, 3.8) is 0 Å². The number of anilines is 1. The van der Waals surface area contributed by atoms with Gasteiger partial charge in [-0.3, -0.25) is 20.8 Å². The fourth-order valence-corrected chi connectivity index (χ4v) is 3.62. The molecule has 1 aromatic carbocycles. The SMILES string of the molecule is NNc1ccc(C(=O)NC2CC3CCC2C3)cc1[N+](=O)[O-]. The molecule has 2 aliphatic carbocycles. The standard InChI is InChI=1S/C14H18N4O3/c15-17-11-4-3-10(7-13(11)18(20)21)14(19)16-12-6-8-1-2-9(12)5-8/h3-4,7-9,12,17H,1-2,5-6,15H2,(H,16,19). The summed E-state index contributed by atoms with van der Waals surface area (Å²) in [6.07, 6.45) is 4.66. The molecule has 21 heavy (non-hydrogen) atoms. The number of hydrazine groups is 1. The van der Waals surface area contributed by atoms with Gasteiger partial charge in [0.2, 0.25) is 0 Å². The number of rotatable bonds is 4. The van der Waals surface area contributed by atoms with Gasteiger partial charge in [0.25, 0.3) is 11.6 Å². The second-order valence-corrected chi connectivity index (χ2v) is 5.89. The van der Waals surface area contributed by atoms with Gasteiger partial charge in [0.15, 0.2) is 0 Å². The third kappa shape index (κ3) is 2.56. The summed E-state index contributed by atoms with van der Waals surface area (Å²) in [5, 5.41) is 14.0. The van der Waals surface area contributed by atoms with Crippen LogP contribution < -0.4 is 16.6 Å². The van der Waals surface area contributed by atoms with Crippen molar-refractivity contribution in [2.45, 2.75) is 31.7 Å². The van der Waals surface area contributed by atoms with E-state index in [4.69, 9.17) is 5.84 Å². The van der Waals surface area contributed by atoms with Crippen LogP contribution in [0.15, 0.2) is 18.2 Å². The number of nitrogens with two attached hydrogens (primary N) is 1. The Morgan fingerprint density at radius 1 is 1.33 bits per heavy atom. The summed E-state index contributed by atoms with van der Waals surface area (Å²) in [5.41, 5.74) is 2.55. The van der Waals surface area contributed by atoms with E-state index in [2.05, 4.69) is 10.7 Å². The van der Waals surface area contributed by atoms with E-state index in [9.17, 15) is 14.9 Å². The summed E-state index contributed by atoms with van der Waals surface area (Å²) < 4.78 is 0. The molecule has 3 unspecified atom stereocenters. The van der Waals surface area contributed by atoms with Crippen molar-refractivity contribution < 1.29 is 9.72 Å². The van der Waals surface area contributed by atoms with Crippen LogP contribution >= 0.6 is 0 Å². The Bertz CT molecular complexity index is 590. The van der Waals surface area contributed by atoms with Gasteiger partial charge >= 0.3 is 0 Å². The van der Waals surface area contributed by atoms with Crippen LogP contribution in [-0.2, 0) is 0 Å². The van der Waals surface area contributed by atoms with E-state index in [1.54, 1.807) is 6.07 Å². The third-order valence-corrected chi connectivity index (χ3v) is 4.67. The van der Waals surface area contributed by atoms with Gasteiger partial charge in [-0.2, -0.15) is 0 Å². The zero-order valence-corrected chi connectivity index (χ0v) is 11.5. The van der Waals surface area contributed by atoms with Gasteiger partial charge in [-0.25, -0.2) is 0 Å². The quantitative estimate of drug-likeness (QED) is 0.445. The predicted molar refractivity (Wildman–Crippen MR) is 77.6 cm³/mol. The molecule has 1 aromatic rings. The van der Waals surface area contributed by atoms with Gasteiger partial charge in [0.05, 0.1) is 4.92 Å². The Hall–Kier alpha value is -2.15. The minimum absolute atomic E-state index is 0.191. The second kappa shape index (κ2) is 5.33. The molecular weight excluding hydrogens is 272 g/mol. The number of nitrogens with zero attached hydrogens (tertiary/aromatic N) is 1. The molecular formula is C14H18N4O3. The van der Waals surface area contributed by atoms with E-state index >= 15 is 0 Å². The van der Waals surface area contributed by atoms with Gasteiger partial charge in [-0.15, -0.1) is 0 Å². The number of nitro groups is 1. The van der Waals surface area contributed by atoms with E-state index in [-0.39, 0.29) is 23.3 Å². The summed E-state index contributed by atoms with van der Waals surface area (Å²) in [4.78, 5) is 22.7. The summed E-state index contributed by atoms with van der Waals surface area (Å²) in [6, 6.07) is 4.47. The van der Waals surface area contributed by atoms with E-state index < -0.39 is 4.92 Å². The molecule has 3 rings (SSSR count). The minimum Gasteiger partial charge on any atom is -0.349 e. The fourth-order valence-electron chi connectivity index (χ4n) is 3.62. The number of nitrogens with one attached hydrogen (secondary N) is 2. The first-order valence-electron chi connectivity index (χ1n) is 7.14. The number of hydrogen-bond acceptors (Lipinski definition) is 5. The van der Waals surface area contributed by atoms with Crippen LogP contribution in [-0.4, -0.2) is 16.9 Å². The molecule has 7 heteroatoms. The predicted octanol–water partition coefficient (Wildman–Crippen LogP) is 1.80. The molecule has 2 fully saturated rings. The zero-order valence-electron chi connectivity index (χ0n) is 11.5. The summed E-state index contributed by atoms with van der Waals surface area (Å²) >= 11 is 0. The number of nitro benzene ring substituents is 1. The van der Waals surface area contributed by atoms with Gasteiger partial charge in [-0.05, 0) is 43.2 Å². The molecule has 3 atom stereocenters.